The van der Waals surface area contributed by atoms with Crippen LogP contribution in [0.2, 0.25) is 18.1 Å². The molecule has 0 bridgehead atoms. The maximum absolute atomic E-state index is 13.3. The van der Waals surface area contributed by atoms with Crippen molar-refractivity contribution >= 4 is 35.3 Å². The molecule has 0 spiro atoms. The third kappa shape index (κ3) is 4.57. The Bertz CT molecular complexity index is 1290. The molecule has 2 aromatic rings. The highest BCUT2D eigenvalue weighted by molar-refractivity contribution is 7.86. The molecule has 0 amide bonds. The predicted octanol–water partition coefficient (Wildman–Crippen LogP) is 3.74. The lowest BCUT2D eigenvalue weighted by atomic mass is 10.0. The van der Waals surface area contributed by atoms with Gasteiger partial charge in [-0.15, -0.1) is 0 Å². The Morgan fingerprint density at radius 1 is 1.18 bits per heavy atom. The van der Waals surface area contributed by atoms with E-state index in [1.807, 2.05) is 13.0 Å². The van der Waals surface area contributed by atoms with Gasteiger partial charge in [-0.05, 0) is 43.6 Å². The number of aryl methyl sites for hydroxylation is 1. The lowest BCUT2D eigenvalue weighted by Crippen LogP contribution is -2.43. The first-order chi connectivity index (χ1) is 15.5. The van der Waals surface area contributed by atoms with Crippen molar-refractivity contribution in [3.05, 3.63) is 33.6 Å². The number of rotatable bonds is 6. The highest BCUT2D eigenvalue weighted by atomic mass is 32.2. The summed E-state index contributed by atoms with van der Waals surface area (Å²) in [7, 11) is -3.74. The van der Waals surface area contributed by atoms with Crippen molar-refractivity contribution < 1.29 is 17.0 Å². The fourth-order valence-electron chi connectivity index (χ4n) is 4.77. The molecule has 0 radical (unpaired) electrons. The van der Waals surface area contributed by atoms with Gasteiger partial charge in [0.2, 0.25) is 5.95 Å². The number of aromatic nitrogens is 2. The van der Waals surface area contributed by atoms with E-state index >= 15 is 0 Å². The van der Waals surface area contributed by atoms with Gasteiger partial charge in [0.25, 0.3) is 15.7 Å². The third-order valence-corrected chi connectivity index (χ3v) is 12.8. The van der Waals surface area contributed by atoms with E-state index < -0.39 is 24.5 Å². The number of fused-ring (bicyclic) bond motifs is 2. The van der Waals surface area contributed by atoms with Crippen LogP contribution in [-0.4, -0.2) is 51.7 Å². The Morgan fingerprint density at radius 2 is 1.76 bits per heavy atom. The SMILES string of the molecule is Cc1cc(C(C)OS(C)(=O)=O)c2nc(N3C[C@@H]4C(O[Si](C)(C)C(C)(C)C)[C@@H]4C3)n(C)c(=O)c2c1. The molecule has 8 nitrogen and oxygen atoms in total. The second kappa shape index (κ2) is 8.14. The molecule has 188 valence electrons. The summed E-state index contributed by atoms with van der Waals surface area (Å²) in [5.74, 6) is 1.51. The molecule has 1 aliphatic carbocycles. The zero-order valence-corrected chi connectivity index (χ0v) is 23.5. The standard InChI is InChI=1S/C24H37N3O5SSi/c1-14-10-16(15(2)31-33(7,29)30)20-17(11-14)22(28)26(6)23(25-20)27-12-18-19(13-27)21(18)32-34(8,9)24(3,4)5/h10-11,15,18-19,21H,12-13H2,1-9H3/t15?,18-,19+,21?. The first kappa shape index (κ1) is 25.3. The van der Waals surface area contributed by atoms with E-state index in [4.69, 9.17) is 13.6 Å². The molecule has 1 aromatic heterocycles. The van der Waals surface area contributed by atoms with Crippen LogP contribution >= 0.6 is 0 Å². The van der Waals surface area contributed by atoms with E-state index in [1.165, 1.54) is 0 Å². The van der Waals surface area contributed by atoms with Crippen LogP contribution in [0.5, 0.6) is 0 Å². The summed E-state index contributed by atoms with van der Waals surface area (Å²) in [5.41, 5.74) is 1.80. The summed E-state index contributed by atoms with van der Waals surface area (Å²) in [6, 6.07) is 3.65. The molecule has 2 fully saturated rings. The fourth-order valence-corrected chi connectivity index (χ4v) is 6.79. The molecule has 1 aliphatic heterocycles. The van der Waals surface area contributed by atoms with E-state index in [0.717, 1.165) is 24.9 Å². The van der Waals surface area contributed by atoms with Crippen LogP contribution < -0.4 is 10.5 Å². The summed E-state index contributed by atoms with van der Waals surface area (Å²) in [5, 5.41) is 0.640. The lowest BCUT2D eigenvalue weighted by molar-refractivity contribution is 0.238. The summed E-state index contributed by atoms with van der Waals surface area (Å²) in [6.07, 6.45) is 0.563. The van der Waals surface area contributed by atoms with Gasteiger partial charge in [-0.2, -0.15) is 8.42 Å². The van der Waals surface area contributed by atoms with Gasteiger partial charge in [-0.1, -0.05) is 26.8 Å². The Balaban J connectivity index is 1.64. The van der Waals surface area contributed by atoms with Crippen molar-refractivity contribution in [1.29, 1.82) is 0 Å². The molecule has 2 aliphatic rings. The Kier molecular flexibility index (Phi) is 6.07. The summed E-state index contributed by atoms with van der Waals surface area (Å²) >= 11 is 0. The average molecular weight is 508 g/mol. The highest BCUT2D eigenvalue weighted by Gasteiger charge is 2.59. The number of hydrogen-bond acceptors (Lipinski definition) is 7. The minimum Gasteiger partial charge on any atom is -0.413 e. The van der Waals surface area contributed by atoms with Crippen molar-refractivity contribution in [3.8, 4) is 0 Å². The van der Waals surface area contributed by atoms with Gasteiger partial charge in [0.15, 0.2) is 8.32 Å². The largest absolute Gasteiger partial charge is 0.413 e. The molecule has 34 heavy (non-hydrogen) atoms. The number of benzene rings is 1. The van der Waals surface area contributed by atoms with Crippen molar-refractivity contribution in [1.82, 2.24) is 9.55 Å². The van der Waals surface area contributed by atoms with Gasteiger partial charge in [0.1, 0.15) is 6.10 Å². The van der Waals surface area contributed by atoms with Crippen LogP contribution in [-0.2, 0) is 25.8 Å². The summed E-state index contributed by atoms with van der Waals surface area (Å²) < 4.78 is 37.0. The first-order valence-corrected chi connectivity index (χ1v) is 16.5. The molecule has 4 atom stereocenters. The quantitative estimate of drug-likeness (QED) is 0.435. The second-order valence-electron chi connectivity index (χ2n) is 11.5. The topological polar surface area (TPSA) is 90.7 Å². The molecule has 4 rings (SSSR count). The minimum absolute atomic E-state index is 0.147. The van der Waals surface area contributed by atoms with Gasteiger partial charge in [0, 0.05) is 37.5 Å². The Hall–Kier alpha value is -1.75. The minimum atomic E-state index is -3.66. The first-order valence-electron chi connectivity index (χ1n) is 11.8. The summed E-state index contributed by atoms with van der Waals surface area (Å²) in [4.78, 5) is 20.3. The molecular formula is C24H37N3O5SSi. The van der Waals surface area contributed by atoms with E-state index in [-0.39, 0.29) is 16.7 Å². The molecule has 0 N–H and O–H groups in total. The lowest BCUT2D eigenvalue weighted by Gasteiger charge is -2.37. The van der Waals surface area contributed by atoms with Gasteiger partial charge < -0.3 is 9.33 Å². The fraction of sp³-hybridized carbons (Fsp3) is 0.667. The molecule has 2 unspecified atom stereocenters. The zero-order valence-electron chi connectivity index (χ0n) is 21.7. The molecule has 1 saturated heterocycles. The van der Waals surface area contributed by atoms with Crippen molar-refractivity contribution in [2.75, 3.05) is 24.2 Å². The maximum Gasteiger partial charge on any atom is 0.264 e. The van der Waals surface area contributed by atoms with Gasteiger partial charge in [-0.25, -0.2) is 4.98 Å². The van der Waals surface area contributed by atoms with E-state index in [2.05, 4.69) is 38.8 Å². The van der Waals surface area contributed by atoms with Crippen LogP contribution in [0.1, 0.15) is 44.9 Å². The van der Waals surface area contributed by atoms with Crippen LogP contribution in [0.15, 0.2) is 16.9 Å². The monoisotopic (exact) mass is 507 g/mol. The van der Waals surface area contributed by atoms with Crippen LogP contribution in [0, 0.1) is 18.8 Å². The Morgan fingerprint density at radius 3 is 2.29 bits per heavy atom. The number of hydrogen-bond donors (Lipinski definition) is 0. The molecular weight excluding hydrogens is 470 g/mol. The van der Waals surface area contributed by atoms with Gasteiger partial charge in [0.05, 0.1) is 23.3 Å². The van der Waals surface area contributed by atoms with E-state index in [0.29, 0.717) is 34.3 Å². The molecule has 1 aromatic carbocycles. The highest BCUT2D eigenvalue weighted by Crippen LogP contribution is 2.52. The smallest absolute Gasteiger partial charge is 0.264 e. The van der Waals surface area contributed by atoms with Crippen LogP contribution in [0.3, 0.4) is 0 Å². The zero-order chi connectivity index (χ0) is 25.4. The average Bonchev–Trinajstić information content (AvgIpc) is 3.10. The number of nitrogens with zero attached hydrogens (tertiary/aromatic N) is 3. The van der Waals surface area contributed by atoms with E-state index in [9.17, 15) is 13.2 Å². The third-order valence-electron chi connectivity index (χ3n) is 7.72. The van der Waals surface area contributed by atoms with Crippen molar-refractivity contribution in [3.63, 3.8) is 0 Å². The maximum atomic E-state index is 13.3. The van der Waals surface area contributed by atoms with Crippen molar-refractivity contribution in [2.24, 2.45) is 18.9 Å². The van der Waals surface area contributed by atoms with Gasteiger partial charge in [-0.3, -0.25) is 13.5 Å². The second-order valence-corrected chi connectivity index (χ2v) is 17.9. The number of anilines is 1. The molecule has 2 heterocycles. The van der Waals surface area contributed by atoms with E-state index in [1.54, 1.807) is 24.6 Å². The van der Waals surface area contributed by atoms with Gasteiger partial charge >= 0.3 is 0 Å². The Labute approximate surface area is 203 Å². The van der Waals surface area contributed by atoms with Crippen LogP contribution in [0.25, 0.3) is 10.9 Å². The predicted molar refractivity (Wildman–Crippen MR) is 137 cm³/mol. The summed E-state index contributed by atoms with van der Waals surface area (Å²) in [6.45, 7) is 16.5. The molecule has 1 saturated carbocycles. The van der Waals surface area contributed by atoms with Crippen molar-refractivity contribution in [2.45, 2.75) is 65.0 Å². The normalized spacial score (nSPS) is 23.9. The number of piperidine rings is 1. The molecule has 10 heteroatoms. The van der Waals surface area contributed by atoms with Crippen LogP contribution in [0.4, 0.5) is 5.95 Å².